The Morgan fingerprint density at radius 2 is 0.833 bits per heavy atom. The molecule has 4 aromatic rings. The maximum atomic E-state index is 14.0. The number of hydrogen-bond donors (Lipinski definition) is 0. The van der Waals surface area contributed by atoms with E-state index < -0.39 is 45.9 Å². The van der Waals surface area contributed by atoms with Gasteiger partial charge in [0.25, 0.3) is 0 Å². The van der Waals surface area contributed by atoms with Gasteiger partial charge in [-0.15, -0.1) is 0 Å². The van der Waals surface area contributed by atoms with Gasteiger partial charge in [-0.3, -0.25) is 0 Å². The van der Waals surface area contributed by atoms with Gasteiger partial charge >= 0.3 is 204 Å². The molecule has 4 rings (SSSR count). The summed E-state index contributed by atoms with van der Waals surface area (Å²) in [5, 5.41) is 0. The molecule has 0 aliphatic rings. The number of benzene rings is 4. The van der Waals surface area contributed by atoms with Crippen LogP contribution >= 0.6 is 0 Å². The normalized spacial score (nSPS) is 13.7. The van der Waals surface area contributed by atoms with Crippen molar-refractivity contribution in [3.63, 3.8) is 0 Å². The van der Waals surface area contributed by atoms with Gasteiger partial charge in [-0.25, -0.2) is 0 Å². The Labute approximate surface area is 204 Å². The Kier molecular flexibility index (Phi) is 6.57. The van der Waals surface area contributed by atoms with Crippen LogP contribution in [0.1, 0.15) is 0 Å². The summed E-state index contributed by atoms with van der Waals surface area (Å²) < 4.78 is 115. The van der Waals surface area contributed by atoms with Crippen molar-refractivity contribution in [2.75, 3.05) is 0 Å². The van der Waals surface area contributed by atoms with Crippen molar-refractivity contribution in [2.45, 2.75) is 5.51 Å². The zero-order valence-electron chi connectivity index (χ0n) is 18.2. The van der Waals surface area contributed by atoms with Crippen molar-refractivity contribution in [2.24, 2.45) is 0 Å². The molecule has 0 saturated heterocycles. The van der Waals surface area contributed by atoms with Crippen molar-refractivity contribution >= 4 is 40.3 Å². The van der Waals surface area contributed by atoms with Crippen LogP contribution in [0.3, 0.4) is 0 Å². The fraction of sp³-hybridized carbons (Fsp3) is 0.0400. The van der Waals surface area contributed by atoms with Gasteiger partial charge in [0.05, 0.1) is 0 Å². The summed E-state index contributed by atoms with van der Waals surface area (Å²) in [6.07, 6.45) is 0. The molecule has 0 aliphatic heterocycles. The predicted octanol–water partition coefficient (Wildman–Crippen LogP) is 3.80. The molecule has 11 heteroatoms. The molecule has 4 aromatic carbocycles. The molecule has 0 spiro atoms. The first kappa shape index (κ1) is 26.0. The first-order valence-corrected chi connectivity index (χ1v) is 16.2. The van der Waals surface area contributed by atoms with Crippen molar-refractivity contribution in [1.82, 2.24) is 0 Å². The Morgan fingerprint density at radius 3 is 1.14 bits per heavy atom. The third-order valence-corrected chi connectivity index (χ3v) is 20.7. The van der Waals surface area contributed by atoms with E-state index in [2.05, 4.69) is 0 Å². The van der Waals surface area contributed by atoms with Gasteiger partial charge in [0.15, 0.2) is 0 Å². The van der Waals surface area contributed by atoms with E-state index in [0.717, 1.165) is 72.8 Å². The molecule has 0 fully saturated rings. The molecule has 0 saturated carbocycles. The summed E-state index contributed by atoms with van der Waals surface area (Å²) in [5.74, 6) is -2.23. The van der Waals surface area contributed by atoms with E-state index in [1.807, 2.05) is 0 Å². The first-order chi connectivity index (χ1) is 16.9. The van der Waals surface area contributed by atoms with E-state index in [1.54, 1.807) is 6.07 Å². The van der Waals surface area contributed by atoms with Gasteiger partial charge in [-0.1, -0.05) is 0 Å². The van der Waals surface area contributed by atoms with Gasteiger partial charge in [0.2, 0.25) is 0 Å². The van der Waals surface area contributed by atoms with Crippen LogP contribution in [0.4, 0.5) is 26.3 Å². The maximum absolute atomic E-state index is 14.0. The molecule has 36 heavy (non-hydrogen) atoms. The van der Waals surface area contributed by atoms with Gasteiger partial charge in [-0.05, 0) is 0 Å². The predicted molar refractivity (Wildman–Crippen MR) is 126 cm³/mol. The summed E-state index contributed by atoms with van der Waals surface area (Å²) in [6.45, 7) is 0. The van der Waals surface area contributed by atoms with Crippen LogP contribution in [0, 0.1) is 17.5 Å². The quantitative estimate of drug-likeness (QED) is 0.196. The standard InChI is InChI=1S/C25H17AsF6O3S/c27-22-12-6-19(7-13-22)26(18-4-2-1-3-5-18,20-8-14-23(28)15-9-20,21-10-16-24(29)17-11-21)35-36(33,34)25(30,31)32/h1-17H. The minimum atomic E-state index is -6.35. The van der Waals surface area contributed by atoms with Gasteiger partial charge in [0, 0.05) is 0 Å². The fourth-order valence-corrected chi connectivity index (χ4v) is 20.0. The second-order valence-corrected chi connectivity index (χ2v) is 18.9. The summed E-state index contributed by atoms with van der Waals surface area (Å²) >= 11 is -6.35. The number of hydrogen-bond acceptors (Lipinski definition) is 3. The van der Waals surface area contributed by atoms with Crippen LogP contribution in [0.5, 0.6) is 0 Å². The molecular weight excluding hydrogens is 569 g/mol. The number of rotatable bonds is 6. The molecule has 0 atom stereocenters. The van der Waals surface area contributed by atoms with Crippen LogP contribution in [0.2, 0.25) is 0 Å². The van der Waals surface area contributed by atoms with Gasteiger partial charge < -0.3 is 0 Å². The van der Waals surface area contributed by atoms with Crippen LogP contribution in [-0.2, 0) is 13.3 Å². The van der Waals surface area contributed by atoms with Gasteiger partial charge in [-0.2, -0.15) is 0 Å². The van der Waals surface area contributed by atoms with Gasteiger partial charge in [0.1, 0.15) is 0 Å². The molecule has 0 aliphatic carbocycles. The van der Waals surface area contributed by atoms with E-state index >= 15 is 0 Å². The average molecular weight is 586 g/mol. The monoisotopic (exact) mass is 586 g/mol. The third-order valence-electron chi connectivity index (χ3n) is 5.74. The number of alkyl halides is 3. The van der Waals surface area contributed by atoms with Crippen LogP contribution in [0.25, 0.3) is 0 Å². The minimum absolute atomic E-state index is 0.0219. The summed E-state index contributed by atoms with van der Waals surface area (Å²) in [5.41, 5.74) is -5.84. The zero-order valence-corrected chi connectivity index (χ0v) is 20.9. The Balaban J connectivity index is 2.35. The molecule has 188 valence electrons. The SMILES string of the molecule is O=S(=O)(O[As](c1ccccc1)(c1ccc(F)cc1)(c1ccc(F)cc1)c1ccc(F)cc1)C(F)(F)F. The van der Waals surface area contributed by atoms with E-state index in [9.17, 15) is 34.8 Å². The summed E-state index contributed by atoms with van der Waals surface area (Å²) in [6, 6.07) is 19.8. The molecule has 0 bridgehead atoms. The molecule has 0 unspecified atom stereocenters. The second-order valence-electron chi connectivity index (χ2n) is 7.78. The van der Waals surface area contributed by atoms with Crippen LogP contribution in [-0.4, -0.2) is 26.7 Å². The van der Waals surface area contributed by atoms with Crippen molar-refractivity contribution < 1.29 is 37.9 Å². The van der Waals surface area contributed by atoms with Crippen molar-refractivity contribution in [3.05, 3.63) is 121 Å². The number of halogens is 6. The van der Waals surface area contributed by atoms with Crippen molar-refractivity contribution in [3.8, 4) is 0 Å². The summed E-state index contributed by atoms with van der Waals surface area (Å²) in [7, 11) is -6.34. The summed E-state index contributed by atoms with van der Waals surface area (Å²) in [4.78, 5) is 0. The van der Waals surface area contributed by atoms with E-state index in [1.165, 1.54) is 24.3 Å². The first-order valence-electron chi connectivity index (χ1n) is 10.3. The zero-order chi connectivity index (χ0) is 26.2. The molecular formula is C25H17AsF6O3S. The third kappa shape index (κ3) is 4.03. The molecule has 0 radical (unpaired) electrons. The Morgan fingerprint density at radius 1 is 0.528 bits per heavy atom. The Hall–Kier alpha value is -3.07. The Bertz CT molecular complexity index is 1360. The van der Waals surface area contributed by atoms with Crippen molar-refractivity contribution in [1.29, 1.82) is 0 Å². The molecule has 0 heterocycles. The topological polar surface area (TPSA) is 43.4 Å². The fourth-order valence-electron chi connectivity index (χ4n) is 4.19. The molecule has 0 N–H and O–H groups in total. The van der Waals surface area contributed by atoms with E-state index in [0.29, 0.717) is 0 Å². The van der Waals surface area contributed by atoms with E-state index in [4.69, 9.17) is 3.17 Å². The molecule has 0 amide bonds. The molecule has 3 nitrogen and oxygen atoms in total. The average Bonchev–Trinajstić information content (AvgIpc) is 2.84. The molecule has 0 aromatic heterocycles. The second kappa shape index (κ2) is 9.10. The van der Waals surface area contributed by atoms with Crippen LogP contribution in [0.15, 0.2) is 103 Å². The van der Waals surface area contributed by atoms with E-state index in [-0.39, 0.29) is 17.4 Å². The van der Waals surface area contributed by atoms with Crippen LogP contribution < -0.4 is 17.4 Å².